The molecule has 0 bridgehead atoms. The molecule has 0 unspecified atom stereocenters. The Kier molecular flexibility index (Phi) is 6.15. The highest BCUT2D eigenvalue weighted by molar-refractivity contribution is 7.89. The Hall–Kier alpha value is -1.54. The molecule has 1 N–H and O–H groups in total. The maximum atomic E-state index is 13.9. The first-order chi connectivity index (χ1) is 12.8. The zero-order chi connectivity index (χ0) is 19.6. The van der Waals surface area contributed by atoms with E-state index in [9.17, 15) is 22.0 Å². The summed E-state index contributed by atoms with van der Waals surface area (Å²) in [4.78, 5) is 11.9. The van der Waals surface area contributed by atoms with Gasteiger partial charge in [-0.05, 0) is 49.8 Å². The van der Waals surface area contributed by atoms with Crippen molar-refractivity contribution in [3.05, 3.63) is 29.8 Å². The van der Waals surface area contributed by atoms with E-state index in [4.69, 9.17) is 0 Å². The predicted octanol–water partition coefficient (Wildman–Crippen LogP) is 3.06. The average molecular weight is 400 g/mol. The van der Waals surface area contributed by atoms with Crippen molar-refractivity contribution >= 4 is 15.9 Å². The number of hydrogen-bond acceptors (Lipinski definition) is 3. The molecule has 5 nitrogen and oxygen atoms in total. The zero-order valence-electron chi connectivity index (χ0n) is 15.5. The molecular weight excluding hydrogens is 374 g/mol. The van der Waals surface area contributed by atoms with Gasteiger partial charge in [0.1, 0.15) is 16.5 Å². The Morgan fingerprint density at radius 3 is 2.44 bits per heavy atom. The number of sulfonamides is 1. The first-order valence-corrected chi connectivity index (χ1v) is 11.0. The van der Waals surface area contributed by atoms with Crippen LogP contribution in [0.2, 0.25) is 0 Å². The second-order valence-electron chi connectivity index (χ2n) is 7.63. The maximum absolute atomic E-state index is 13.9. The van der Waals surface area contributed by atoms with Gasteiger partial charge in [0.05, 0.1) is 0 Å². The van der Waals surface area contributed by atoms with Crippen molar-refractivity contribution in [3.8, 4) is 0 Å². The summed E-state index contributed by atoms with van der Waals surface area (Å²) in [5.74, 6) is -1.59. The number of benzene rings is 1. The lowest BCUT2D eigenvalue weighted by Gasteiger charge is -2.34. The number of rotatable bonds is 4. The van der Waals surface area contributed by atoms with E-state index in [1.807, 2.05) is 0 Å². The average Bonchev–Trinajstić information content (AvgIpc) is 2.65. The molecule has 1 saturated heterocycles. The van der Waals surface area contributed by atoms with E-state index in [-0.39, 0.29) is 31.0 Å². The largest absolute Gasteiger partial charge is 0.353 e. The second-order valence-corrected chi connectivity index (χ2v) is 9.54. The fraction of sp³-hybridized carbons (Fsp3) is 0.632. The van der Waals surface area contributed by atoms with Crippen LogP contribution in [0.25, 0.3) is 0 Å². The summed E-state index contributed by atoms with van der Waals surface area (Å²) in [5.41, 5.74) is 0. The van der Waals surface area contributed by atoms with Crippen molar-refractivity contribution in [3.63, 3.8) is 0 Å². The Labute approximate surface area is 159 Å². The van der Waals surface area contributed by atoms with Gasteiger partial charge in [-0.2, -0.15) is 4.31 Å². The molecule has 1 amide bonds. The van der Waals surface area contributed by atoms with Crippen LogP contribution >= 0.6 is 0 Å². The van der Waals surface area contributed by atoms with Crippen molar-refractivity contribution in [1.29, 1.82) is 0 Å². The molecule has 0 spiro atoms. The number of nitrogens with one attached hydrogen (secondary N) is 1. The fourth-order valence-corrected chi connectivity index (χ4v) is 5.55. The van der Waals surface area contributed by atoms with Crippen LogP contribution in [0.1, 0.15) is 45.4 Å². The molecule has 27 heavy (non-hydrogen) atoms. The van der Waals surface area contributed by atoms with E-state index in [0.717, 1.165) is 35.7 Å². The molecule has 1 aliphatic carbocycles. The normalized spacial score (nSPS) is 25.3. The highest BCUT2D eigenvalue weighted by Gasteiger charge is 2.34. The predicted molar refractivity (Wildman–Crippen MR) is 97.4 cm³/mol. The van der Waals surface area contributed by atoms with Crippen LogP contribution < -0.4 is 5.32 Å². The standard InChI is InChI=1S/C19H26F2N2O3S/c1-13-4-2-3-5-17(13)22-19(24)14-8-10-23(11-9-14)27(25,26)18-12-15(20)6-7-16(18)21/h6-7,12-14,17H,2-5,8-11H2,1H3,(H,22,24)/t13-,17-/m0/s1. The summed E-state index contributed by atoms with van der Waals surface area (Å²) >= 11 is 0. The molecule has 8 heteroatoms. The summed E-state index contributed by atoms with van der Waals surface area (Å²) in [6.45, 7) is 2.39. The number of halogens is 2. The van der Waals surface area contributed by atoms with E-state index in [1.165, 1.54) is 6.42 Å². The monoisotopic (exact) mass is 400 g/mol. The summed E-state index contributed by atoms with van der Waals surface area (Å²) in [6, 6.07) is 2.59. The Balaban J connectivity index is 1.61. The molecule has 0 radical (unpaired) electrons. The van der Waals surface area contributed by atoms with Crippen molar-refractivity contribution in [1.82, 2.24) is 9.62 Å². The number of carbonyl (C=O) groups excluding carboxylic acids is 1. The molecule has 1 saturated carbocycles. The van der Waals surface area contributed by atoms with E-state index in [0.29, 0.717) is 24.8 Å². The van der Waals surface area contributed by atoms with Crippen LogP contribution in [0, 0.1) is 23.5 Å². The molecule has 2 fully saturated rings. The first-order valence-electron chi connectivity index (χ1n) is 9.54. The Bertz CT molecular complexity index is 792. The first kappa shape index (κ1) is 20.2. The minimum absolute atomic E-state index is 0.0252. The minimum Gasteiger partial charge on any atom is -0.353 e. The number of amides is 1. The van der Waals surface area contributed by atoms with Gasteiger partial charge in [0, 0.05) is 25.0 Å². The number of carbonyl (C=O) groups is 1. The van der Waals surface area contributed by atoms with Gasteiger partial charge in [-0.15, -0.1) is 0 Å². The van der Waals surface area contributed by atoms with Crippen LogP contribution in [-0.2, 0) is 14.8 Å². The summed E-state index contributed by atoms with van der Waals surface area (Å²) in [5, 5.41) is 3.12. The lowest BCUT2D eigenvalue weighted by molar-refractivity contribution is -0.127. The maximum Gasteiger partial charge on any atom is 0.246 e. The van der Waals surface area contributed by atoms with Gasteiger partial charge in [0.2, 0.25) is 15.9 Å². The molecule has 3 rings (SSSR count). The van der Waals surface area contributed by atoms with Crippen molar-refractivity contribution in [2.75, 3.05) is 13.1 Å². The topological polar surface area (TPSA) is 66.5 Å². The van der Waals surface area contributed by atoms with E-state index in [2.05, 4.69) is 12.2 Å². The van der Waals surface area contributed by atoms with Crippen LogP contribution in [-0.4, -0.2) is 37.8 Å². The summed E-state index contributed by atoms with van der Waals surface area (Å²) < 4.78 is 53.6. The molecule has 1 aromatic rings. The lowest BCUT2D eigenvalue weighted by atomic mass is 9.85. The van der Waals surface area contributed by atoms with Crippen molar-refractivity contribution < 1.29 is 22.0 Å². The fourth-order valence-electron chi connectivity index (χ4n) is 4.00. The highest BCUT2D eigenvalue weighted by atomic mass is 32.2. The molecular formula is C19H26F2N2O3S. The SMILES string of the molecule is C[C@H]1CCCC[C@@H]1NC(=O)C1CCN(S(=O)(=O)c2cc(F)ccc2F)CC1. The smallest absolute Gasteiger partial charge is 0.246 e. The second kappa shape index (κ2) is 8.22. The third-order valence-electron chi connectivity index (χ3n) is 5.77. The molecule has 1 aromatic carbocycles. The van der Waals surface area contributed by atoms with Crippen molar-refractivity contribution in [2.45, 2.75) is 56.4 Å². The van der Waals surface area contributed by atoms with E-state index < -0.39 is 26.6 Å². The minimum atomic E-state index is -4.11. The summed E-state index contributed by atoms with van der Waals surface area (Å²) in [6.07, 6.45) is 5.16. The number of piperidine rings is 1. The molecule has 1 heterocycles. The lowest BCUT2D eigenvalue weighted by Crippen LogP contribution is -2.47. The third-order valence-corrected chi connectivity index (χ3v) is 7.69. The van der Waals surface area contributed by atoms with Crippen LogP contribution in [0.15, 0.2) is 23.1 Å². The van der Waals surface area contributed by atoms with E-state index >= 15 is 0 Å². The number of hydrogen-bond donors (Lipinski definition) is 1. The van der Waals surface area contributed by atoms with Crippen LogP contribution in [0.3, 0.4) is 0 Å². The van der Waals surface area contributed by atoms with Crippen LogP contribution in [0.5, 0.6) is 0 Å². The highest BCUT2D eigenvalue weighted by Crippen LogP contribution is 2.28. The molecule has 1 aliphatic heterocycles. The number of nitrogens with zero attached hydrogens (tertiary/aromatic N) is 1. The zero-order valence-corrected chi connectivity index (χ0v) is 16.3. The Morgan fingerprint density at radius 1 is 1.11 bits per heavy atom. The van der Waals surface area contributed by atoms with Gasteiger partial charge in [-0.3, -0.25) is 4.79 Å². The molecule has 150 valence electrons. The van der Waals surface area contributed by atoms with Gasteiger partial charge in [0.15, 0.2) is 0 Å². The van der Waals surface area contributed by atoms with Gasteiger partial charge in [-0.1, -0.05) is 19.8 Å². The quantitative estimate of drug-likeness (QED) is 0.845. The third kappa shape index (κ3) is 4.48. The van der Waals surface area contributed by atoms with Crippen LogP contribution in [0.4, 0.5) is 8.78 Å². The van der Waals surface area contributed by atoms with E-state index in [1.54, 1.807) is 0 Å². The van der Waals surface area contributed by atoms with Gasteiger partial charge < -0.3 is 5.32 Å². The van der Waals surface area contributed by atoms with Gasteiger partial charge in [0.25, 0.3) is 0 Å². The molecule has 0 aromatic heterocycles. The summed E-state index contributed by atoms with van der Waals surface area (Å²) in [7, 11) is -4.11. The van der Waals surface area contributed by atoms with Crippen molar-refractivity contribution in [2.24, 2.45) is 11.8 Å². The Morgan fingerprint density at radius 2 is 1.78 bits per heavy atom. The van der Waals surface area contributed by atoms with Gasteiger partial charge in [-0.25, -0.2) is 17.2 Å². The molecule has 2 atom stereocenters. The van der Waals surface area contributed by atoms with Gasteiger partial charge >= 0.3 is 0 Å². The molecule has 2 aliphatic rings.